The second kappa shape index (κ2) is 5.79. The SMILES string of the molecule is Cc1c(CN2CCOC(C(C)N)C2)n(C)c2ccccc12. The van der Waals surface area contributed by atoms with Crippen molar-refractivity contribution >= 4 is 10.9 Å². The van der Waals surface area contributed by atoms with Gasteiger partial charge in [-0.05, 0) is 25.5 Å². The highest BCUT2D eigenvalue weighted by Gasteiger charge is 2.24. The van der Waals surface area contributed by atoms with E-state index in [2.05, 4.69) is 47.7 Å². The molecule has 2 N–H and O–H groups in total. The van der Waals surface area contributed by atoms with E-state index >= 15 is 0 Å². The Morgan fingerprint density at radius 2 is 2.14 bits per heavy atom. The first kappa shape index (κ1) is 14.6. The van der Waals surface area contributed by atoms with Gasteiger partial charge in [-0.3, -0.25) is 4.90 Å². The van der Waals surface area contributed by atoms with Crippen LogP contribution >= 0.6 is 0 Å². The van der Waals surface area contributed by atoms with Crippen LogP contribution in [0, 0.1) is 6.92 Å². The van der Waals surface area contributed by atoms with Gasteiger partial charge in [0, 0.05) is 49.3 Å². The summed E-state index contributed by atoms with van der Waals surface area (Å²) in [6, 6.07) is 8.70. The molecule has 1 fully saturated rings. The Hall–Kier alpha value is -1.36. The molecule has 0 bridgehead atoms. The normalized spacial score (nSPS) is 21.8. The number of aryl methyl sites for hydroxylation is 2. The predicted molar refractivity (Wildman–Crippen MR) is 86.3 cm³/mol. The molecular formula is C17H25N3O. The van der Waals surface area contributed by atoms with Crippen molar-refractivity contribution in [3.05, 3.63) is 35.5 Å². The standard InChI is InChI=1S/C17H25N3O/c1-12-14-6-4-5-7-15(14)19(3)16(12)10-20-8-9-21-17(11-20)13(2)18/h4-7,13,17H,8-11,18H2,1-3H3. The molecule has 0 aliphatic carbocycles. The number of hydrogen-bond donors (Lipinski definition) is 1. The van der Waals surface area contributed by atoms with Crippen molar-refractivity contribution in [2.45, 2.75) is 32.5 Å². The van der Waals surface area contributed by atoms with E-state index in [9.17, 15) is 0 Å². The molecule has 2 aromatic rings. The molecule has 3 rings (SSSR count). The number of nitrogens with two attached hydrogens (primary N) is 1. The molecule has 0 saturated carbocycles. The summed E-state index contributed by atoms with van der Waals surface area (Å²) in [4.78, 5) is 2.46. The minimum atomic E-state index is 0.0846. The van der Waals surface area contributed by atoms with Crippen LogP contribution in [0.2, 0.25) is 0 Å². The summed E-state index contributed by atoms with van der Waals surface area (Å²) < 4.78 is 8.07. The Morgan fingerprint density at radius 3 is 2.86 bits per heavy atom. The van der Waals surface area contributed by atoms with Crippen molar-refractivity contribution in [3.63, 3.8) is 0 Å². The fourth-order valence-electron chi connectivity index (χ4n) is 3.27. The number of hydrogen-bond acceptors (Lipinski definition) is 3. The topological polar surface area (TPSA) is 43.4 Å². The van der Waals surface area contributed by atoms with Crippen LogP contribution in [0.1, 0.15) is 18.2 Å². The number of fused-ring (bicyclic) bond motifs is 1. The Labute approximate surface area is 126 Å². The summed E-state index contributed by atoms with van der Waals surface area (Å²) in [6.45, 7) is 7.87. The van der Waals surface area contributed by atoms with Crippen LogP contribution in [0.4, 0.5) is 0 Å². The van der Waals surface area contributed by atoms with Crippen LogP contribution in [-0.4, -0.2) is 41.3 Å². The molecular weight excluding hydrogens is 262 g/mol. The molecule has 1 aromatic heterocycles. The van der Waals surface area contributed by atoms with Gasteiger partial charge in [0.25, 0.3) is 0 Å². The van der Waals surface area contributed by atoms with E-state index in [4.69, 9.17) is 10.5 Å². The number of rotatable bonds is 3. The van der Waals surface area contributed by atoms with Crippen LogP contribution < -0.4 is 5.73 Å². The fraction of sp³-hybridized carbons (Fsp3) is 0.529. The molecule has 0 spiro atoms. The summed E-state index contributed by atoms with van der Waals surface area (Å²) in [5.41, 5.74) is 10.1. The van der Waals surface area contributed by atoms with Gasteiger partial charge in [0.2, 0.25) is 0 Å². The van der Waals surface area contributed by atoms with Gasteiger partial charge in [-0.25, -0.2) is 0 Å². The van der Waals surface area contributed by atoms with Crippen LogP contribution in [0.3, 0.4) is 0 Å². The van der Waals surface area contributed by atoms with Crippen LogP contribution in [-0.2, 0) is 18.3 Å². The van der Waals surface area contributed by atoms with Crippen LogP contribution in [0.25, 0.3) is 10.9 Å². The average Bonchev–Trinajstić information content (AvgIpc) is 2.73. The first-order valence-corrected chi connectivity index (χ1v) is 7.70. The Bertz CT molecular complexity index is 593. The number of morpholine rings is 1. The Kier molecular flexibility index (Phi) is 4.02. The molecule has 0 radical (unpaired) electrons. The number of nitrogens with zero attached hydrogens (tertiary/aromatic N) is 2. The minimum absolute atomic E-state index is 0.0846. The van der Waals surface area contributed by atoms with E-state index < -0.39 is 0 Å². The third kappa shape index (κ3) is 2.71. The zero-order valence-electron chi connectivity index (χ0n) is 13.2. The summed E-state index contributed by atoms with van der Waals surface area (Å²) >= 11 is 0. The first-order chi connectivity index (χ1) is 10.1. The van der Waals surface area contributed by atoms with E-state index in [1.54, 1.807) is 0 Å². The van der Waals surface area contributed by atoms with Crippen molar-refractivity contribution in [1.29, 1.82) is 0 Å². The van der Waals surface area contributed by atoms with Gasteiger partial charge in [-0.1, -0.05) is 18.2 Å². The van der Waals surface area contributed by atoms with Crippen molar-refractivity contribution in [2.75, 3.05) is 19.7 Å². The summed E-state index contributed by atoms with van der Waals surface area (Å²) in [7, 11) is 2.16. The van der Waals surface area contributed by atoms with Crippen molar-refractivity contribution in [2.24, 2.45) is 12.8 Å². The summed E-state index contributed by atoms with van der Waals surface area (Å²) in [5.74, 6) is 0. The van der Waals surface area contributed by atoms with Gasteiger partial charge >= 0.3 is 0 Å². The van der Waals surface area contributed by atoms with E-state index in [0.29, 0.717) is 0 Å². The minimum Gasteiger partial charge on any atom is -0.374 e. The predicted octanol–water partition coefficient (Wildman–Crippen LogP) is 2.03. The Balaban J connectivity index is 1.85. The molecule has 1 aromatic carbocycles. The number of benzene rings is 1. The van der Waals surface area contributed by atoms with Crippen molar-refractivity contribution in [3.8, 4) is 0 Å². The molecule has 2 atom stereocenters. The lowest BCUT2D eigenvalue weighted by atomic mass is 10.1. The number of aromatic nitrogens is 1. The molecule has 4 heteroatoms. The maximum atomic E-state index is 5.99. The zero-order chi connectivity index (χ0) is 15.0. The van der Waals surface area contributed by atoms with Gasteiger partial charge in [0.15, 0.2) is 0 Å². The molecule has 1 aliphatic rings. The maximum Gasteiger partial charge on any atom is 0.0850 e. The van der Waals surface area contributed by atoms with Gasteiger partial charge in [0.05, 0.1) is 12.7 Å². The fourth-order valence-corrected chi connectivity index (χ4v) is 3.27. The molecule has 2 unspecified atom stereocenters. The van der Waals surface area contributed by atoms with E-state index in [0.717, 1.165) is 26.2 Å². The molecule has 1 saturated heterocycles. The lowest BCUT2D eigenvalue weighted by Crippen LogP contribution is -2.49. The van der Waals surface area contributed by atoms with Gasteiger partial charge < -0.3 is 15.0 Å². The second-order valence-corrected chi connectivity index (χ2v) is 6.15. The molecule has 114 valence electrons. The van der Waals surface area contributed by atoms with Crippen molar-refractivity contribution in [1.82, 2.24) is 9.47 Å². The number of ether oxygens (including phenoxy) is 1. The summed E-state index contributed by atoms with van der Waals surface area (Å²) in [5, 5.41) is 1.35. The van der Waals surface area contributed by atoms with E-state index in [1.807, 2.05) is 6.92 Å². The van der Waals surface area contributed by atoms with Gasteiger partial charge in [-0.15, -0.1) is 0 Å². The van der Waals surface area contributed by atoms with Gasteiger partial charge in [0.1, 0.15) is 0 Å². The molecule has 4 nitrogen and oxygen atoms in total. The molecule has 1 aliphatic heterocycles. The third-order valence-electron chi connectivity index (χ3n) is 4.64. The molecule has 2 heterocycles. The first-order valence-electron chi connectivity index (χ1n) is 7.70. The van der Waals surface area contributed by atoms with E-state index in [1.165, 1.54) is 22.2 Å². The van der Waals surface area contributed by atoms with Crippen LogP contribution in [0.15, 0.2) is 24.3 Å². The summed E-state index contributed by atoms with van der Waals surface area (Å²) in [6.07, 6.45) is 0.147. The smallest absolute Gasteiger partial charge is 0.0850 e. The highest BCUT2D eigenvalue weighted by Crippen LogP contribution is 2.26. The van der Waals surface area contributed by atoms with Crippen LogP contribution in [0.5, 0.6) is 0 Å². The van der Waals surface area contributed by atoms with Gasteiger partial charge in [-0.2, -0.15) is 0 Å². The van der Waals surface area contributed by atoms with E-state index in [-0.39, 0.29) is 12.1 Å². The third-order valence-corrected chi connectivity index (χ3v) is 4.64. The quantitative estimate of drug-likeness (QED) is 0.939. The second-order valence-electron chi connectivity index (χ2n) is 6.15. The largest absolute Gasteiger partial charge is 0.374 e. The molecule has 0 amide bonds. The lowest BCUT2D eigenvalue weighted by molar-refractivity contribution is -0.0409. The monoisotopic (exact) mass is 287 g/mol. The lowest BCUT2D eigenvalue weighted by Gasteiger charge is -2.34. The highest BCUT2D eigenvalue weighted by molar-refractivity contribution is 5.85. The Morgan fingerprint density at radius 1 is 1.38 bits per heavy atom. The highest BCUT2D eigenvalue weighted by atomic mass is 16.5. The number of para-hydroxylation sites is 1. The average molecular weight is 287 g/mol. The van der Waals surface area contributed by atoms with Crippen molar-refractivity contribution < 1.29 is 4.74 Å². The maximum absolute atomic E-state index is 5.99. The molecule has 21 heavy (non-hydrogen) atoms. The zero-order valence-corrected chi connectivity index (χ0v) is 13.2.